The standard InChI is InChI=1S/C24H24N2O4/c27-24-19-9-1-3-11-21(19)25-23(26(24)15-17-7-5-13-28-17)20-10-2-4-12-22(20)30-16-18-8-6-14-29-18/h1-5,7,9-13,18,23,25H,6,8,14-16H2. The lowest BCUT2D eigenvalue weighted by Gasteiger charge is -2.38. The van der Waals surface area contributed by atoms with Crippen molar-refractivity contribution < 1.29 is 18.7 Å². The van der Waals surface area contributed by atoms with Crippen molar-refractivity contribution in [1.29, 1.82) is 0 Å². The normalized spacial score (nSPS) is 20.7. The Bertz CT molecular complexity index is 1010. The number of amides is 1. The highest BCUT2D eigenvalue weighted by atomic mass is 16.5. The molecule has 3 heterocycles. The molecule has 1 amide bonds. The predicted molar refractivity (Wildman–Crippen MR) is 112 cm³/mol. The van der Waals surface area contributed by atoms with Gasteiger partial charge in [0.2, 0.25) is 0 Å². The van der Waals surface area contributed by atoms with Crippen molar-refractivity contribution in [2.45, 2.75) is 31.7 Å². The first-order valence-electron chi connectivity index (χ1n) is 10.3. The smallest absolute Gasteiger partial charge is 0.258 e. The fraction of sp³-hybridized carbons (Fsp3) is 0.292. The fourth-order valence-electron chi connectivity index (χ4n) is 4.07. The Labute approximate surface area is 175 Å². The van der Waals surface area contributed by atoms with Crippen molar-refractivity contribution in [3.05, 3.63) is 83.8 Å². The van der Waals surface area contributed by atoms with E-state index in [2.05, 4.69) is 5.32 Å². The third-order valence-corrected chi connectivity index (χ3v) is 5.59. The molecular weight excluding hydrogens is 380 g/mol. The summed E-state index contributed by atoms with van der Waals surface area (Å²) in [4.78, 5) is 15.2. The molecule has 6 nitrogen and oxygen atoms in total. The monoisotopic (exact) mass is 404 g/mol. The molecule has 154 valence electrons. The molecule has 0 aliphatic carbocycles. The van der Waals surface area contributed by atoms with Gasteiger partial charge in [-0.1, -0.05) is 30.3 Å². The summed E-state index contributed by atoms with van der Waals surface area (Å²) in [5.74, 6) is 1.44. The third kappa shape index (κ3) is 3.66. The van der Waals surface area contributed by atoms with Crippen molar-refractivity contribution in [3.63, 3.8) is 0 Å². The van der Waals surface area contributed by atoms with E-state index in [0.717, 1.165) is 42.2 Å². The van der Waals surface area contributed by atoms with E-state index in [4.69, 9.17) is 13.9 Å². The average molecular weight is 404 g/mol. The van der Waals surface area contributed by atoms with Gasteiger partial charge in [-0.15, -0.1) is 0 Å². The number of rotatable bonds is 6. The zero-order valence-electron chi connectivity index (χ0n) is 16.6. The zero-order valence-corrected chi connectivity index (χ0v) is 16.6. The maximum Gasteiger partial charge on any atom is 0.258 e. The number of ether oxygens (including phenoxy) is 2. The van der Waals surface area contributed by atoms with Crippen molar-refractivity contribution in [1.82, 2.24) is 4.90 Å². The first-order valence-corrected chi connectivity index (χ1v) is 10.3. The Morgan fingerprint density at radius 2 is 1.93 bits per heavy atom. The first-order chi connectivity index (χ1) is 14.8. The van der Waals surface area contributed by atoms with Gasteiger partial charge in [-0.3, -0.25) is 4.79 Å². The van der Waals surface area contributed by atoms with Crippen LogP contribution in [0.1, 0.15) is 40.7 Å². The molecule has 2 aliphatic heterocycles. The van der Waals surface area contributed by atoms with Crippen LogP contribution < -0.4 is 10.1 Å². The second-order valence-electron chi connectivity index (χ2n) is 7.59. The summed E-state index contributed by atoms with van der Waals surface area (Å²) in [6.45, 7) is 1.66. The molecule has 1 aromatic heterocycles. The first kappa shape index (κ1) is 18.8. The van der Waals surface area contributed by atoms with Gasteiger partial charge in [0.05, 0.1) is 24.5 Å². The highest BCUT2D eigenvalue weighted by Gasteiger charge is 2.35. The van der Waals surface area contributed by atoms with Crippen molar-refractivity contribution in [2.24, 2.45) is 0 Å². The number of fused-ring (bicyclic) bond motifs is 1. The fourth-order valence-corrected chi connectivity index (χ4v) is 4.07. The predicted octanol–water partition coefficient (Wildman–Crippen LogP) is 4.60. The van der Waals surface area contributed by atoms with E-state index < -0.39 is 0 Å². The number of para-hydroxylation sites is 2. The number of anilines is 1. The van der Waals surface area contributed by atoms with Crippen LogP contribution in [-0.2, 0) is 11.3 Å². The van der Waals surface area contributed by atoms with E-state index in [1.165, 1.54) is 0 Å². The van der Waals surface area contributed by atoms with Gasteiger partial charge >= 0.3 is 0 Å². The van der Waals surface area contributed by atoms with Crippen molar-refractivity contribution >= 4 is 11.6 Å². The van der Waals surface area contributed by atoms with Crippen molar-refractivity contribution in [3.8, 4) is 5.75 Å². The number of nitrogens with one attached hydrogen (secondary N) is 1. The molecule has 1 saturated heterocycles. The van der Waals surface area contributed by atoms with E-state index in [0.29, 0.717) is 18.7 Å². The molecule has 5 rings (SSSR count). The highest BCUT2D eigenvalue weighted by Crippen LogP contribution is 2.37. The van der Waals surface area contributed by atoms with Crippen LogP contribution in [0.2, 0.25) is 0 Å². The molecule has 0 saturated carbocycles. The second-order valence-corrected chi connectivity index (χ2v) is 7.59. The number of hydrogen-bond donors (Lipinski definition) is 1. The molecule has 0 radical (unpaired) electrons. The van der Waals surface area contributed by atoms with Gasteiger partial charge in [0, 0.05) is 17.9 Å². The van der Waals surface area contributed by atoms with Gasteiger partial charge in [0.15, 0.2) is 0 Å². The topological polar surface area (TPSA) is 63.9 Å². The van der Waals surface area contributed by atoms with Crippen molar-refractivity contribution in [2.75, 3.05) is 18.5 Å². The largest absolute Gasteiger partial charge is 0.490 e. The Kier molecular flexibility index (Phi) is 5.15. The summed E-state index contributed by atoms with van der Waals surface area (Å²) in [6.07, 6.45) is 3.46. The average Bonchev–Trinajstić information content (AvgIpc) is 3.49. The molecule has 0 spiro atoms. The van der Waals surface area contributed by atoms with Gasteiger partial charge < -0.3 is 24.1 Å². The van der Waals surface area contributed by atoms with Crippen LogP contribution in [0.15, 0.2) is 71.3 Å². The molecule has 2 aromatic carbocycles. The van der Waals surface area contributed by atoms with E-state index in [9.17, 15) is 4.79 Å². The Balaban J connectivity index is 1.48. The number of nitrogens with zero attached hydrogens (tertiary/aromatic N) is 1. The minimum atomic E-state index is -0.377. The third-order valence-electron chi connectivity index (χ3n) is 5.59. The summed E-state index contributed by atoms with van der Waals surface area (Å²) in [5, 5.41) is 3.53. The SMILES string of the molecule is O=C1c2ccccc2NC(c2ccccc2OCC2CCCO2)N1Cc1ccco1. The van der Waals surface area contributed by atoms with Gasteiger partial charge in [-0.2, -0.15) is 0 Å². The minimum Gasteiger partial charge on any atom is -0.490 e. The molecule has 1 N–H and O–H groups in total. The molecule has 0 bridgehead atoms. The number of carbonyl (C=O) groups is 1. The van der Waals surface area contributed by atoms with Gasteiger partial charge in [-0.05, 0) is 43.2 Å². The van der Waals surface area contributed by atoms with Crippen LogP contribution in [0.4, 0.5) is 5.69 Å². The molecule has 2 atom stereocenters. The Morgan fingerprint density at radius 1 is 1.07 bits per heavy atom. The highest BCUT2D eigenvalue weighted by molar-refractivity contribution is 6.01. The van der Waals surface area contributed by atoms with Crippen LogP contribution >= 0.6 is 0 Å². The molecule has 2 unspecified atom stereocenters. The lowest BCUT2D eigenvalue weighted by Crippen LogP contribution is -2.42. The van der Waals surface area contributed by atoms with E-state index in [1.54, 1.807) is 11.2 Å². The van der Waals surface area contributed by atoms with E-state index in [-0.39, 0.29) is 18.2 Å². The van der Waals surface area contributed by atoms with Crippen LogP contribution in [0.3, 0.4) is 0 Å². The maximum absolute atomic E-state index is 13.4. The lowest BCUT2D eigenvalue weighted by atomic mass is 10.0. The van der Waals surface area contributed by atoms with Crippen LogP contribution in [0.25, 0.3) is 0 Å². The van der Waals surface area contributed by atoms with Crippen LogP contribution in [0.5, 0.6) is 5.75 Å². The van der Waals surface area contributed by atoms with Crippen LogP contribution in [-0.4, -0.2) is 30.1 Å². The lowest BCUT2D eigenvalue weighted by molar-refractivity contribution is 0.0616. The summed E-state index contributed by atoms with van der Waals surface area (Å²) in [7, 11) is 0. The number of hydrogen-bond acceptors (Lipinski definition) is 5. The molecule has 1 fully saturated rings. The number of benzene rings is 2. The quantitative estimate of drug-likeness (QED) is 0.650. The Hall–Kier alpha value is -3.25. The molecular formula is C24H24N2O4. The zero-order chi connectivity index (χ0) is 20.3. The summed E-state index contributed by atoms with van der Waals surface area (Å²) < 4.78 is 17.4. The maximum atomic E-state index is 13.4. The number of carbonyl (C=O) groups excluding carboxylic acids is 1. The molecule has 2 aliphatic rings. The molecule has 6 heteroatoms. The van der Waals surface area contributed by atoms with Gasteiger partial charge in [-0.25, -0.2) is 0 Å². The second kappa shape index (κ2) is 8.24. The van der Waals surface area contributed by atoms with E-state index in [1.807, 2.05) is 60.7 Å². The summed E-state index contributed by atoms with van der Waals surface area (Å²) >= 11 is 0. The molecule has 30 heavy (non-hydrogen) atoms. The van der Waals surface area contributed by atoms with E-state index >= 15 is 0 Å². The summed E-state index contributed by atoms with van der Waals surface area (Å²) in [6, 6.07) is 19.1. The number of furan rings is 1. The van der Waals surface area contributed by atoms with Gasteiger partial charge in [0.25, 0.3) is 5.91 Å². The Morgan fingerprint density at radius 3 is 2.77 bits per heavy atom. The summed E-state index contributed by atoms with van der Waals surface area (Å²) in [5.41, 5.74) is 2.38. The van der Waals surface area contributed by atoms with Crippen LogP contribution in [0, 0.1) is 0 Å². The van der Waals surface area contributed by atoms with Gasteiger partial charge in [0.1, 0.15) is 24.3 Å². The minimum absolute atomic E-state index is 0.0420. The molecule has 3 aromatic rings.